The molecule has 6 rings (SSSR count). The maximum absolute atomic E-state index is 12.1. The summed E-state index contributed by atoms with van der Waals surface area (Å²) in [6, 6.07) is 23.1. The first-order valence-electron chi connectivity index (χ1n) is 14.6. The maximum atomic E-state index is 12.1. The van der Waals surface area contributed by atoms with Crippen molar-refractivity contribution in [1.82, 2.24) is 15.0 Å². The monoisotopic (exact) mass is 777 g/mol. The van der Waals surface area contributed by atoms with Crippen LogP contribution in [-0.2, 0) is 30.4 Å². The van der Waals surface area contributed by atoms with Crippen LogP contribution in [0.2, 0.25) is 0 Å². The van der Waals surface area contributed by atoms with Crippen LogP contribution in [0.25, 0.3) is 10.8 Å². The number of aromatic nitrogens is 3. The van der Waals surface area contributed by atoms with Crippen molar-refractivity contribution in [3.63, 3.8) is 0 Å². The van der Waals surface area contributed by atoms with E-state index in [1.165, 1.54) is 54.6 Å². The largest absolute Gasteiger partial charge is 0.479 e. The molecule has 0 aliphatic carbocycles. The van der Waals surface area contributed by atoms with Crippen LogP contribution in [0.15, 0.2) is 138 Å². The minimum absolute atomic E-state index is 0.0152. The Morgan fingerprint density at radius 2 is 0.981 bits per heavy atom. The summed E-state index contributed by atoms with van der Waals surface area (Å²) in [4.78, 5) is 10.4. The number of aromatic hydroxyl groups is 1. The molecule has 0 saturated heterocycles. The van der Waals surface area contributed by atoms with E-state index < -0.39 is 46.2 Å². The van der Waals surface area contributed by atoms with Crippen LogP contribution >= 0.6 is 0 Å². The molecule has 0 radical (unpaired) electrons. The quantitative estimate of drug-likeness (QED) is 0.0583. The van der Waals surface area contributed by atoms with E-state index >= 15 is 0 Å². The van der Waals surface area contributed by atoms with E-state index in [1.807, 2.05) is 0 Å². The molecule has 0 spiro atoms. The number of hydrogen-bond donors (Lipinski definition) is 6. The highest BCUT2D eigenvalue weighted by atomic mass is 32.2. The average molecular weight is 778 g/mol. The summed E-state index contributed by atoms with van der Waals surface area (Å²) >= 11 is 0. The molecule has 0 aliphatic heterocycles. The molecule has 5 aromatic carbocycles. The molecular formula is C31H23N9O10S3. The smallest absolute Gasteiger partial charge is 0.320 e. The Kier molecular flexibility index (Phi) is 9.90. The van der Waals surface area contributed by atoms with Gasteiger partial charge >= 0.3 is 6.01 Å². The predicted octanol–water partition coefficient (Wildman–Crippen LogP) is 6.79. The van der Waals surface area contributed by atoms with Crippen LogP contribution in [0, 0.1) is 0 Å². The second kappa shape index (κ2) is 14.4. The molecular weight excluding hydrogens is 755 g/mol. The number of nitrogens with zero attached hydrogens (tertiary/aromatic N) is 7. The van der Waals surface area contributed by atoms with E-state index in [-0.39, 0.29) is 44.6 Å². The Balaban J connectivity index is 1.14. The first-order chi connectivity index (χ1) is 25.0. The van der Waals surface area contributed by atoms with Gasteiger partial charge in [-0.2, -0.15) is 60.7 Å². The van der Waals surface area contributed by atoms with Crippen molar-refractivity contribution in [3.05, 3.63) is 103 Å². The lowest BCUT2D eigenvalue weighted by molar-refractivity contribution is 0.430. The second-order valence-corrected chi connectivity index (χ2v) is 14.9. The van der Waals surface area contributed by atoms with Gasteiger partial charge < -0.3 is 15.7 Å². The Hall–Kier alpha value is -6.30. The molecule has 6 N–H and O–H groups in total. The van der Waals surface area contributed by atoms with Gasteiger partial charge in [-0.15, -0.1) is 0 Å². The average Bonchev–Trinajstić information content (AvgIpc) is 3.09. The number of hydrogen-bond acceptors (Lipinski definition) is 16. The number of fused-ring (bicyclic) bond motifs is 1. The highest BCUT2D eigenvalue weighted by molar-refractivity contribution is 7.86. The van der Waals surface area contributed by atoms with Crippen molar-refractivity contribution in [1.29, 1.82) is 0 Å². The van der Waals surface area contributed by atoms with Gasteiger partial charge in [0.2, 0.25) is 11.9 Å². The van der Waals surface area contributed by atoms with Gasteiger partial charge in [0.15, 0.2) is 0 Å². The fourth-order valence-electron chi connectivity index (χ4n) is 4.70. The number of rotatable bonds is 11. The third kappa shape index (κ3) is 9.14. The van der Waals surface area contributed by atoms with Crippen molar-refractivity contribution in [2.75, 3.05) is 10.6 Å². The Morgan fingerprint density at radius 3 is 1.51 bits per heavy atom. The lowest BCUT2D eigenvalue weighted by Crippen LogP contribution is -2.03. The van der Waals surface area contributed by atoms with Crippen LogP contribution in [-0.4, -0.2) is 59.0 Å². The number of nitrogens with one attached hydrogen (secondary N) is 2. The zero-order valence-electron chi connectivity index (χ0n) is 26.4. The highest BCUT2D eigenvalue weighted by Crippen LogP contribution is 2.34. The molecule has 0 bridgehead atoms. The normalized spacial score (nSPS) is 12.4. The van der Waals surface area contributed by atoms with Crippen LogP contribution in [0.1, 0.15) is 0 Å². The van der Waals surface area contributed by atoms with Gasteiger partial charge in [0.05, 0.1) is 27.6 Å². The van der Waals surface area contributed by atoms with Gasteiger partial charge in [-0.25, -0.2) is 0 Å². The minimum atomic E-state index is -4.83. The van der Waals surface area contributed by atoms with Crippen LogP contribution in [0.5, 0.6) is 6.01 Å². The molecule has 0 fully saturated rings. The van der Waals surface area contributed by atoms with E-state index in [0.29, 0.717) is 17.1 Å². The van der Waals surface area contributed by atoms with Gasteiger partial charge in [-0.3, -0.25) is 13.7 Å². The van der Waals surface area contributed by atoms with E-state index in [2.05, 4.69) is 46.0 Å². The molecule has 270 valence electrons. The second-order valence-electron chi connectivity index (χ2n) is 10.7. The fraction of sp³-hybridized carbons (Fsp3) is 0. The van der Waals surface area contributed by atoms with Gasteiger partial charge in [0.25, 0.3) is 30.4 Å². The molecule has 0 atom stereocenters. The summed E-state index contributed by atoms with van der Waals surface area (Å²) in [5, 5.41) is 31.6. The zero-order valence-corrected chi connectivity index (χ0v) is 28.9. The molecule has 1 heterocycles. The third-order valence-corrected chi connectivity index (χ3v) is 9.66. The third-order valence-electron chi connectivity index (χ3n) is 7.01. The topological polar surface area (TPSA) is 296 Å². The molecule has 53 heavy (non-hydrogen) atoms. The molecule has 22 heteroatoms. The highest BCUT2D eigenvalue weighted by Gasteiger charge is 2.21. The molecule has 6 aromatic rings. The Morgan fingerprint density at radius 1 is 0.472 bits per heavy atom. The van der Waals surface area contributed by atoms with E-state index in [4.69, 9.17) is 0 Å². The summed E-state index contributed by atoms with van der Waals surface area (Å²) in [5.41, 5.74) is 1.74. The lowest BCUT2D eigenvalue weighted by atomic mass is 10.1. The van der Waals surface area contributed by atoms with Crippen LogP contribution in [0.3, 0.4) is 0 Å². The summed E-state index contributed by atoms with van der Waals surface area (Å²) in [5.74, 6) is -0.0471. The summed E-state index contributed by atoms with van der Waals surface area (Å²) < 4.78 is 99.2. The first-order valence-corrected chi connectivity index (χ1v) is 19.0. The molecule has 19 nitrogen and oxygen atoms in total. The minimum Gasteiger partial charge on any atom is -0.479 e. The summed E-state index contributed by atoms with van der Waals surface area (Å²) in [7, 11) is -14.0. The predicted molar refractivity (Wildman–Crippen MR) is 189 cm³/mol. The van der Waals surface area contributed by atoms with Gasteiger partial charge in [-0.05, 0) is 84.9 Å². The van der Waals surface area contributed by atoms with Crippen LogP contribution < -0.4 is 10.6 Å². The molecule has 0 saturated carbocycles. The van der Waals surface area contributed by atoms with Crippen molar-refractivity contribution in [2.24, 2.45) is 20.5 Å². The molecule has 0 amide bonds. The molecule has 1 aromatic heterocycles. The van der Waals surface area contributed by atoms with Gasteiger partial charge in [0, 0.05) is 22.1 Å². The zero-order chi connectivity index (χ0) is 38.0. The fourth-order valence-corrected chi connectivity index (χ4v) is 6.64. The SMILES string of the molecule is O=S(=O)(O)c1cccc(/N=N/c2ccc(Nc3nc(O)nc(Nc4ccc(/N=N/c5cc(S(=O)(=O)O)c6cccc(S(=O)(=O)O)c6c5)cc4)n3)cc2)c1. The van der Waals surface area contributed by atoms with E-state index in [1.54, 1.807) is 36.4 Å². The maximum Gasteiger partial charge on any atom is 0.320 e. The van der Waals surface area contributed by atoms with Crippen molar-refractivity contribution < 1.29 is 44.0 Å². The van der Waals surface area contributed by atoms with E-state index in [0.717, 1.165) is 12.1 Å². The van der Waals surface area contributed by atoms with Crippen LogP contribution in [0.4, 0.5) is 46.0 Å². The number of azo groups is 2. The molecule has 0 unspecified atom stereocenters. The number of benzene rings is 5. The van der Waals surface area contributed by atoms with Crippen molar-refractivity contribution in [3.8, 4) is 6.01 Å². The summed E-state index contributed by atoms with van der Waals surface area (Å²) in [6.07, 6.45) is 0. The number of anilines is 4. The van der Waals surface area contributed by atoms with Crippen molar-refractivity contribution >= 4 is 87.1 Å². The lowest BCUT2D eigenvalue weighted by Gasteiger charge is -2.09. The Bertz CT molecular complexity index is 2770. The van der Waals surface area contributed by atoms with Crippen molar-refractivity contribution in [2.45, 2.75) is 14.7 Å². The van der Waals surface area contributed by atoms with E-state index in [9.17, 15) is 44.0 Å². The standard InChI is InChI=1S/C31H23N9O10S3/c41-31-35-29(32-18-7-11-20(12-8-18)37-39-22-3-1-4-24(15-22)51(42,43)44)34-30(36-31)33-19-9-13-21(14-10-19)38-40-23-16-26-25(28(17-23)53(48,49)50)5-2-6-27(26)52(45,46)47/h1-17H,(H,42,43,44)(H,45,46,47)(H,48,49,50)(H3,32,33,34,35,36,41)/b39-37+,40-38+. The Labute approximate surface area is 300 Å². The first kappa shape index (κ1) is 36.5. The molecule has 0 aliphatic rings. The van der Waals surface area contributed by atoms with Gasteiger partial charge in [0.1, 0.15) is 9.79 Å². The summed E-state index contributed by atoms with van der Waals surface area (Å²) in [6.45, 7) is 0. The van der Waals surface area contributed by atoms with Gasteiger partial charge in [-0.1, -0.05) is 18.2 Å².